The molecule has 4 aromatic rings. The number of nitrogens with two attached hydrogens (primary N) is 1. The maximum absolute atomic E-state index is 12.5. The van der Waals surface area contributed by atoms with Gasteiger partial charge in [-0.3, -0.25) is 14.3 Å². The Morgan fingerprint density at radius 2 is 2.00 bits per heavy atom. The van der Waals surface area contributed by atoms with E-state index in [1.54, 1.807) is 12.4 Å². The van der Waals surface area contributed by atoms with Crippen LogP contribution in [0.3, 0.4) is 0 Å². The normalized spacial score (nSPS) is 11.7. The number of aromatic nitrogens is 4. The molecule has 3 N–H and O–H groups in total. The minimum Gasteiger partial charge on any atom is -0.492 e. The monoisotopic (exact) mass is 375 g/mol. The molecule has 0 aliphatic rings. The van der Waals surface area contributed by atoms with Gasteiger partial charge in [0.25, 0.3) is 5.56 Å². The highest BCUT2D eigenvalue weighted by atomic mass is 16.5. The lowest BCUT2D eigenvalue weighted by Gasteiger charge is -2.19. The summed E-state index contributed by atoms with van der Waals surface area (Å²) < 4.78 is 7.60. The molecule has 0 atom stereocenters. The van der Waals surface area contributed by atoms with Gasteiger partial charge >= 0.3 is 0 Å². The Kier molecular flexibility index (Phi) is 4.44. The van der Waals surface area contributed by atoms with Gasteiger partial charge in [-0.05, 0) is 43.7 Å². The van der Waals surface area contributed by atoms with Gasteiger partial charge in [0.15, 0.2) is 5.65 Å². The fraction of sp³-hybridized carbons (Fsp3) is 0.190. The molecular weight excluding hydrogens is 354 g/mol. The molecule has 3 aromatic heterocycles. The number of ether oxygens (including phenoxy) is 1. The Labute approximate surface area is 161 Å². The van der Waals surface area contributed by atoms with E-state index in [2.05, 4.69) is 15.0 Å². The van der Waals surface area contributed by atoms with E-state index in [9.17, 15) is 4.79 Å². The van der Waals surface area contributed by atoms with Crippen molar-refractivity contribution in [1.82, 2.24) is 19.5 Å². The van der Waals surface area contributed by atoms with Crippen LogP contribution < -0.4 is 16.0 Å². The number of hydrogen-bond acceptors (Lipinski definition) is 5. The summed E-state index contributed by atoms with van der Waals surface area (Å²) in [7, 11) is 0. The highest BCUT2D eigenvalue weighted by molar-refractivity contribution is 5.94. The van der Waals surface area contributed by atoms with E-state index in [-0.39, 0.29) is 5.56 Å². The number of hydrogen-bond donors (Lipinski definition) is 2. The van der Waals surface area contributed by atoms with Gasteiger partial charge in [0.1, 0.15) is 12.4 Å². The molecule has 4 rings (SSSR count). The Morgan fingerprint density at radius 1 is 1.21 bits per heavy atom. The molecule has 0 radical (unpaired) electrons. The standard InChI is InChI=1S/C21H21N5O2/c1-21(2,22)12-28-16-7-5-14(6-8-16)17-11-26(15-4-3-9-23-10-15)19-18(17)20(27)25-13-24-19/h3-11,13H,12,22H2,1-2H3,(H,24,25,27). The third-order valence-electron chi connectivity index (χ3n) is 4.29. The zero-order chi connectivity index (χ0) is 19.7. The Bertz CT molecular complexity index is 1160. The van der Waals surface area contributed by atoms with Crippen molar-refractivity contribution in [1.29, 1.82) is 0 Å². The average molecular weight is 375 g/mol. The molecule has 0 spiro atoms. The number of benzene rings is 1. The smallest absolute Gasteiger partial charge is 0.260 e. The van der Waals surface area contributed by atoms with Crippen molar-refractivity contribution in [2.24, 2.45) is 5.73 Å². The second-order valence-corrected chi connectivity index (χ2v) is 7.36. The van der Waals surface area contributed by atoms with E-state index in [0.717, 1.165) is 22.6 Å². The molecule has 0 aliphatic heterocycles. The minimum atomic E-state index is -0.408. The number of fused-ring (bicyclic) bond motifs is 1. The SMILES string of the molecule is CC(C)(N)COc1ccc(-c2cn(-c3cccnc3)c3nc[nH]c(=O)c23)cc1. The summed E-state index contributed by atoms with van der Waals surface area (Å²) in [4.78, 5) is 23.7. The molecule has 7 heteroatoms. The summed E-state index contributed by atoms with van der Waals surface area (Å²) in [6.07, 6.45) is 6.75. The molecule has 142 valence electrons. The second kappa shape index (κ2) is 6.94. The third-order valence-corrected chi connectivity index (χ3v) is 4.29. The van der Waals surface area contributed by atoms with Crippen LogP contribution in [0.2, 0.25) is 0 Å². The topological polar surface area (TPSA) is 98.8 Å². The summed E-state index contributed by atoms with van der Waals surface area (Å²) in [6, 6.07) is 11.4. The molecule has 0 aliphatic carbocycles. The molecule has 3 heterocycles. The van der Waals surface area contributed by atoms with E-state index in [0.29, 0.717) is 17.6 Å². The van der Waals surface area contributed by atoms with Crippen molar-refractivity contribution >= 4 is 11.0 Å². The number of rotatable bonds is 5. The zero-order valence-electron chi connectivity index (χ0n) is 15.7. The molecule has 1 aromatic carbocycles. The lowest BCUT2D eigenvalue weighted by atomic mass is 10.1. The average Bonchev–Trinajstić information content (AvgIpc) is 3.08. The van der Waals surface area contributed by atoms with Gasteiger partial charge < -0.3 is 15.5 Å². The second-order valence-electron chi connectivity index (χ2n) is 7.36. The first kappa shape index (κ1) is 17.9. The van der Waals surface area contributed by atoms with E-state index in [1.807, 2.05) is 61.0 Å². The van der Waals surface area contributed by atoms with Crippen molar-refractivity contribution in [3.8, 4) is 22.6 Å². The highest BCUT2D eigenvalue weighted by Gasteiger charge is 2.16. The van der Waals surface area contributed by atoms with Crippen LogP contribution in [-0.2, 0) is 0 Å². The van der Waals surface area contributed by atoms with Gasteiger partial charge in [-0.1, -0.05) is 12.1 Å². The van der Waals surface area contributed by atoms with Crippen molar-refractivity contribution in [2.75, 3.05) is 6.61 Å². The van der Waals surface area contributed by atoms with Crippen LogP contribution in [0.5, 0.6) is 5.75 Å². The first-order chi connectivity index (χ1) is 13.4. The van der Waals surface area contributed by atoms with Crippen LogP contribution >= 0.6 is 0 Å². The molecule has 0 amide bonds. The molecule has 0 saturated carbocycles. The molecule has 0 fully saturated rings. The summed E-state index contributed by atoms with van der Waals surface area (Å²) in [5, 5.41) is 0.531. The van der Waals surface area contributed by atoms with Crippen molar-refractivity contribution in [2.45, 2.75) is 19.4 Å². The quantitative estimate of drug-likeness (QED) is 0.559. The van der Waals surface area contributed by atoms with Crippen LogP contribution in [-0.4, -0.2) is 31.7 Å². The first-order valence-corrected chi connectivity index (χ1v) is 8.94. The largest absolute Gasteiger partial charge is 0.492 e. The van der Waals surface area contributed by atoms with Crippen molar-refractivity contribution in [3.05, 3.63) is 71.7 Å². The number of aromatic amines is 1. The van der Waals surface area contributed by atoms with Crippen LogP contribution in [0.25, 0.3) is 27.8 Å². The molecule has 28 heavy (non-hydrogen) atoms. The molecule has 0 unspecified atom stereocenters. The van der Waals surface area contributed by atoms with E-state index in [4.69, 9.17) is 10.5 Å². The molecule has 0 bridgehead atoms. The highest BCUT2D eigenvalue weighted by Crippen LogP contribution is 2.30. The van der Waals surface area contributed by atoms with Gasteiger partial charge in [-0.25, -0.2) is 4.98 Å². The fourth-order valence-corrected chi connectivity index (χ4v) is 2.98. The van der Waals surface area contributed by atoms with E-state index >= 15 is 0 Å². The van der Waals surface area contributed by atoms with Crippen molar-refractivity contribution in [3.63, 3.8) is 0 Å². The van der Waals surface area contributed by atoms with Gasteiger partial charge in [-0.15, -0.1) is 0 Å². The van der Waals surface area contributed by atoms with Crippen LogP contribution in [0.15, 0.2) is 66.1 Å². The zero-order valence-corrected chi connectivity index (χ0v) is 15.7. The van der Waals surface area contributed by atoms with Crippen molar-refractivity contribution < 1.29 is 4.74 Å². The number of nitrogens with one attached hydrogen (secondary N) is 1. The molecule has 0 saturated heterocycles. The summed E-state index contributed by atoms with van der Waals surface area (Å²) in [5.74, 6) is 0.727. The van der Waals surface area contributed by atoms with Crippen LogP contribution in [0, 0.1) is 0 Å². The third kappa shape index (κ3) is 3.52. The maximum atomic E-state index is 12.5. The predicted molar refractivity (Wildman–Crippen MR) is 109 cm³/mol. The van der Waals surface area contributed by atoms with E-state index in [1.165, 1.54) is 6.33 Å². The van der Waals surface area contributed by atoms with Gasteiger partial charge in [-0.2, -0.15) is 0 Å². The van der Waals surface area contributed by atoms with Gasteiger partial charge in [0, 0.05) is 23.5 Å². The minimum absolute atomic E-state index is 0.187. The number of nitrogens with zero attached hydrogens (tertiary/aromatic N) is 3. The predicted octanol–water partition coefficient (Wildman–Crippen LogP) is 2.89. The Morgan fingerprint density at radius 3 is 2.68 bits per heavy atom. The Balaban J connectivity index is 1.78. The molecule has 7 nitrogen and oxygen atoms in total. The summed E-state index contributed by atoms with van der Waals surface area (Å²) in [6.45, 7) is 4.23. The summed E-state index contributed by atoms with van der Waals surface area (Å²) in [5.41, 5.74) is 8.47. The van der Waals surface area contributed by atoms with Crippen LogP contribution in [0.1, 0.15) is 13.8 Å². The summed E-state index contributed by atoms with van der Waals surface area (Å²) >= 11 is 0. The lowest BCUT2D eigenvalue weighted by molar-refractivity contribution is 0.243. The maximum Gasteiger partial charge on any atom is 0.260 e. The van der Waals surface area contributed by atoms with Crippen LogP contribution in [0.4, 0.5) is 0 Å². The fourth-order valence-electron chi connectivity index (χ4n) is 2.98. The van der Waals surface area contributed by atoms with Gasteiger partial charge in [0.2, 0.25) is 0 Å². The molecular formula is C21H21N5O2. The Hall–Kier alpha value is -3.45. The number of H-pyrrole nitrogens is 1. The number of pyridine rings is 1. The lowest BCUT2D eigenvalue weighted by Crippen LogP contribution is -2.38. The van der Waals surface area contributed by atoms with E-state index < -0.39 is 5.54 Å². The first-order valence-electron chi connectivity index (χ1n) is 8.94. The van der Waals surface area contributed by atoms with Gasteiger partial charge in [0.05, 0.1) is 23.6 Å².